The van der Waals surface area contributed by atoms with E-state index in [0.717, 1.165) is 83.5 Å². The number of ether oxygens (including phenoxy) is 1. The summed E-state index contributed by atoms with van der Waals surface area (Å²) in [7, 11) is 0. The molecule has 0 aromatic carbocycles. The van der Waals surface area contributed by atoms with Gasteiger partial charge in [0.1, 0.15) is 6.10 Å². The average Bonchev–Trinajstić information content (AvgIpc) is 3.24. The summed E-state index contributed by atoms with van der Waals surface area (Å²) in [6.45, 7) is 6.31. The summed E-state index contributed by atoms with van der Waals surface area (Å²) in [5.74, 6) is -0.544. The van der Waals surface area contributed by atoms with E-state index in [0.29, 0.717) is 19.3 Å². The zero-order chi connectivity index (χ0) is 43.8. The molecule has 3 atom stereocenters. The van der Waals surface area contributed by atoms with Crippen LogP contribution in [0.2, 0.25) is 0 Å². The second kappa shape index (κ2) is 47.4. The van der Waals surface area contributed by atoms with E-state index in [2.05, 4.69) is 99.0 Å². The van der Waals surface area contributed by atoms with Crippen LogP contribution in [-0.2, 0) is 14.3 Å². The highest BCUT2D eigenvalue weighted by atomic mass is 16.5. The first-order chi connectivity index (χ1) is 29.5. The molecular formula is C54H95NO5. The predicted octanol–water partition coefficient (Wildman–Crippen LogP) is 15.0. The number of unbranched alkanes of at least 4 members (excludes halogenated alkanes) is 21. The Bertz CT molecular complexity index is 1120. The van der Waals surface area contributed by atoms with E-state index in [1.165, 1.54) is 103 Å². The van der Waals surface area contributed by atoms with Crippen LogP contribution in [-0.4, -0.2) is 46.9 Å². The Labute approximate surface area is 371 Å². The number of allylic oxidation sites excluding steroid dienone is 12. The summed E-state index contributed by atoms with van der Waals surface area (Å²) in [6.07, 6.45) is 59.6. The van der Waals surface area contributed by atoms with Gasteiger partial charge in [-0.05, 0) is 83.5 Å². The fourth-order valence-electron chi connectivity index (χ4n) is 7.24. The van der Waals surface area contributed by atoms with Crippen molar-refractivity contribution in [2.45, 2.75) is 251 Å². The molecule has 0 fully saturated rings. The van der Waals surface area contributed by atoms with Crippen LogP contribution < -0.4 is 5.32 Å². The molecule has 0 aliphatic rings. The Balaban J connectivity index is 4.70. The SMILES string of the molecule is CC/C=C/C/C=C/C/C=C/C/C=C/CCCC(CC(=O)NC(CO)C(O)CCCCCCCCCCCCCC)OC(=O)CCCCCCCC/C=C/C=C/CCCCC. The number of nitrogens with one attached hydrogen (secondary N) is 1. The van der Waals surface area contributed by atoms with Gasteiger partial charge in [-0.2, -0.15) is 0 Å². The number of hydrogen-bond donors (Lipinski definition) is 3. The third-order valence-electron chi connectivity index (χ3n) is 11.0. The highest BCUT2D eigenvalue weighted by Gasteiger charge is 2.24. The van der Waals surface area contributed by atoms with Gasteiger partial charge >= 0.3 is 5.97 Å². The van der Waals surface area contributed by atoms with Gasteiger partial charge in [-0.3, -0.25) is 9.59 Å². The molecule has 1 amide bonds. The number of carbonyl (C=O) groups is 2. The van der Waals surface area contributed by atoms with Gasteiger partial charge in [-0.25, -0.2) is 0 Å². The third kappa shape index (κ3) is 42.0. The van der Waals surface area contributed by atoms with Gasteiger partial charge < -0.3 is 20.3 Å². The maximum Gasteiger partial charge on any atom is 0.306 e. The van der Waals surface area contributed by atoms with Gasteiger partial charge in [0.15, 0.2) is 0 Å². The molecule has 0 radical (unpaired) electrons. The maximum atomic E-state index is 13.2. The van der Waals surface area contributed by atoms with Crippen LogP contribution in [0.25, 0.3) is 0 Å². The maximum absolute atomic E-state index is 13.2. The van der Waals surface area contributed by atoms with Crippen molar-refractivity contribution < 1.29 is 24.5 Å². The Hall–Kier alpha value is -2.70. The molecule has 346 valence electrons. The zero-order valence-electron chi connectivity index (χ0n) is 39.3. The number of rotatable bonds is 44. The van der Waals surface area contributed by atoms with Gasteiger partial charge in [0, 0.05) is 6.42 Å². The molecule has 0 heterocycles. The van der Waals surface area contributed by atoms with E-state index in [1.54, 1.807) is 0 Å². The molecule has 0 aromatic rings. The van der Waals surface area contributed by atoms with Gasteiger partial charge in [-0.15, -0.1) is 0 Å². The Morgan fingerprint density at radius 2 is 0.967 bits per heavy atom. The molecule has 3 unspecified atom stereocenters. The number of aliphatic hydroxyl groups excluding tert-OH is 2. The highest BCUT2D eigenvalue weighted by molar-refractivity contribution is 5.77. The summed E-state index contributed by atoms with van der Waals surface area (Å²) < 4.78 is 5.89. The van der Waals surface area contributed by atoms with Gasteiger partial charge in [0.2, 0.25) is 5.91 Å². The normalized spacial score (nSPS) is 13.9. The monoisotopic (exact) mass is 838 g/mol. The predicted molar refractivity (Wildman–Crippen MR) is 259 cm³/mol. The largest absolute Gasteiger partial charge is 0.462 e. The smallest absolute Gasteiger partial charge is 0.306 e. The van der Waals surface area contributed by atoms with Crippen LogP contribution in [0.3, 0.4) is 0 Å². The van der Waals surface area contributed by atoms with Crippen molar-refractivity contribution >= 4 is 11.9 Å². The van der Waals surface area contributed by atoms with E-state index < -0.39 is 18.2 Å². The lowest BCUT2D eigenvalue weighted by molar-refractivity contribution is -0.151. The lowest BCUT2D eigenvalue weighted by atomic mass is 10.0. The molecule has 6 nitrogen and oxygen atoms in total. The first kappa shape index (κ1) is 57.3. The minimum atomic E-state index is -0.806. The topological polar surface area (TPSA) is 95.9 Å². The fraction of sp³-hybridized carbons (Fsp3) is 0.741. The lowest BCUT2D eigenvalue weighted by Gasteiger charge is -2.24. The molecule has 0 saturated carbocycles. The molecule has 0 aliphatic heterocycles. The van der Waals surface area contributed by atoms with Crippen molar-refractivity contribution in [3.8, 4) is 0 Å². The quantitative estimate of drug-likeness (QED) is 0.0246. The van der Waals surface area contributed by atoms with Crippen LogP contribution in [0.4, 0.5) is 0 Å². The molecule has 0 aromatic heterocycles. The average molecular weight is 838 g/mol. The van der Waals surface area contributed by atoms with E-state index in [1.807, 2.05) is 0 Å². The van der Waals surface area contributed by atoms with Crippen LogP contribution in [0, 0.1) is 0 Å². The summed E-state index contributed by atoms with van der Waals surface area (Å²) in [5, 5.41) is 23.7. The van der Waals surface area contributed by atoms with Gasteiger partial charge in [0.05, 0.1) is 25.2 Å². The van der Waals surface area contributed by atoms with Crippen molar-refractivity contribution in [3.63, 3.8) is 0 Å². The Morgan fingerprint density at radius 3 is 1.52 bits per heavy atom. The van der Waals surface area contributed by atoms with E-state index in [-0.39, 0.29) is 24.9 Å². The number of aliphatic hydroxyl groups is 2. The lowest BCUT2D eigenvalue weighted by Crippen LogP contribution is -2.46. The second-order valence-corrected chi connectivity index (χ2v) is 16.9. The Morgan fingerprint density at radius 1 is 0.517 bits per heavy atom. The first-order valence-corrected chi connectivity index (χ1v) is 25.2. The molecule has 0 aliphatic carbocycles. The zero-order valence-corrected chi connectivity index (χ0v) is 39.3. The van der Waals surface area contributed by atoms with E-state index in [9.17, 15) is 19.8 Å². The molecule has 60 heavy (non-hydrogen) atoms. The number of hydrogen-bond acceptors (Lipinski definition) is 5. The molecule has 0 saturated heterocycles. The highest BCUT2D eigenvalue weighted by Crippen LogP contribution is 2.17. The minimum Gasteiger partial charge on any atom is -0.462 e. The van der Waals surface area contributed by atoms with Gasteiger partial charge in [0.25, 0.3) is 0 Å². The van der Waals surface area contributed by atoms with Crippen LogP contribution in [0.5, 0.6) is 0 Å². The molecule has 6 heteroatoms. The summed E-state index contributed by atoms with van der Waals surface area (Å²) in [6, 6.07) is -0.723. The minimum absolute atomic E-state index is 0.0326. The third-order valence-corrected chi connectivity index (χ3v) is 11.0. The summed E-state index contributed by atoms with van der Waals surface area (Å²) >= 11 is 0. The van der Waals surface area contributed by atoms with E-state index in [4.69, 9.17) is 4.74 Å². The van der Waals surface area contributed by atoms with Crippen molar-refractivity contribution in [3.05, 3.63) is 72.9 Å². The molecule has 0 rings (SSSR count). The molecular weight excluding hydrogens is 743 g/mol. The van der Waals surface area contributed by atoms with Crippen molar-refractivity contribution in [2.24, 2.45) is 0 Å². The standard InChI is InChI=1S/C54H95NO5/c1-4-7-10-13-16-19-22-25-27-29-32-35-38-41-44-47-54(59)60-50(45-42-39-36-33-30-28-26-23-20-17-14-11-8-5-2)48-53(58)55-51(49-56)52(57)46-43-40-37-34-31-24-21-18-15-12-9-6-3/h8,11,16-17,19-20,22,25-26,28,33,36,50-52,56-57H,4-7,9-10,12-15,18,21,23-24,27,29-32,34-35,37-49H2,1-3H3,(H,55,58)/b11-8+,19-16+,20-17+,25-22+,28-26+,36-33+. The van der Waals surface area contributed by atoms with Crippen molar-refractivity contribution in [2.75, 3.05) is 6.61 Å². The Kier molecular flexibility index (Phi) is 45.2. The van der Waals surface area contributed by atoms with Gasteiger partial charge in [-0.1, -0.05) is 209 Å². The summed E-state index contributed by atoms with van der Waals surface area (Å²) in [4.78, 5) is 26.1. The van der Waals surface area contributed by atoms with Crippen molar-refractivity contribution in [1.29, 1.82) is 0 Å². The van der Waals surface area contributed by atoms with Crippen LogP contribution in [0.1, 0.15) is 233 Å². The van der Waals surface area contributed by atoms with E-state index >= 15 is 0 Å². The summed E-state index contributed by atoms with van der Waals surface area (Å²) in [5.41, 5.74) is 0. The number of esters is 1. The number of amides is 1. The fourth-order valence-corrected chi connectivity index (χ4v) is 7.24. The first-order valence-electron chi connectivity index (χ1n) is 25.2. The van der Waals surface area contributed by atoms with Crippen molar-refractivity contribution in [1.82, 2.24) is 5.32 Å². The molecule has 3 N–H and O–H groups in total. The second-order valence-electron chi connectivity index (χ2n) is 16.9. The van der Waals surface area contributed by atoms with Crippen LogP contribution in [0.15, 0.2) is 72.9 Å². The number of carbonyl (C=O) groups excluding carboxylic acids is 2. The molecule has 0 spiro atoms. The molecule has 0 bridgehead atoms. The van der Waals surface area contributed by atoms with Crippen LogP contribution >= 0.6 is 0 Å².